The Morgan fingerprint density at radius 2 is 1.94 bits per heavy atom. The van der Waals surface area contributed by atoms with Crippen LogP contribution in [-0.2, 0) is 6.54 Å². The normalized spacial score (nSPS) is 16.0. The van der Waals surface area contributed by atoms with Crippen LogP contribution in [0, 0.1) is 5.82 Å². The summed E-state index contributed by atoms with van der Waals surface area (Å²) in [7, 11) is 4.07. The molecule has 0 spiro atoms. The lowest BCUT2D eigenvalue weighted by Gasteiger charge is -2.35. The standard InChI is InChI=1S/C25H31BrFN7O/c1-32(2)11-5-12-33-17-22(18-7-9-20(27)10-8-18)23(31-33)24(35)34-13-4-3-6-21(34)16-30-25-28-14-19(26)15-29-25/h7-10,14-15,17,21H,3-6,11-13,16H2,1-2H3,(H,28,29,30). The lowest BCUT2D eigenvalue weighted by atomic mass is 10.00. The van der Waals surface area contributed by atoms with E-state index < -0.39 is 0 Å². The number of anilines is 1. The summed E-state index contributed by atoms with van der Waals surface area (Å²) in [4.78, 5) is 26.4. The van der Waals surface area contributed by atoms with Gasteiger partial charge in [-0.15, -0.1) is 0 Å². The SMILES string of the molecule is CN(C)CCCn1cc(-c2ccc(F)cc2)c(C(=O)N2CCCCC2CNc2ncc(Br)cn2)n1. The monoisotopic (exact) mass is 543 g/mol. The first-order chi connectivity index (χ1) is 16.9. The number of carbonyl (C=O) groups is 1. The second-order valence-electron chi connectivity index (χ2n) is 9.07. The fourth-order valence-corrected chi connectivity index (χ4v) is 4.52. The molecule has 1 aliphatic heterocycles. The van der Waals surface area contributed by atoms with Crippen molar-refractivity contribution in [3.63, 3.8) is 0 Å². The topological polar surface area (TPSA) is 79.2 Å². The van der Waals surface area contributed by atoms with Gasteiger partial charge in [-0.1, -0.05) is 12.1 Å². The molecule has 1 aromatic carbocycles. The number of piperidine rings is 1. The molecule has 186 valence electrons. The second kappa shape index (κ2) is 11.7. The van der Waals surface area contributed by atoms with Gasteiger partial charge in [-0.25, -0.2) is 14.4 Å². The van der Waals surface area contributed by atoms with Gasteiger partial charge in [0.25, 0.3) is 5.91 Å². The Kier molecular flexibility index (Phi) is 8.46. The molecule has 1 amide bonds. The van der Waals surface area contributed by atoms with E-state index in [0.29, 0.717) is 31.3 Å². The Hall–Kier alpha value is -2.85. The third kappa shape index (κ3) is 6.64. The van der Waals surface area contributed by atoms with Crippen LogP contribution in [0.1, 0.15) is 36.2 Å². The molecule has 1 aliphatic rings. The van der Waals surface area contributed by atoms with E-state index >= 15 is 0 Å². The number of carbonyl (C=O) groups excluding carboxylic acids is 1. The number of hydrogen-bond acceptors (Lipinski definition) is 6. The maximum Gasteiger partial charge on any atom is 0.275 e. The summed E-state index contributed by atoms with van der Waals surface area (Å²) < 4.78 is 16.2. The Labute approximate surface area is 213 Å². The van der Waals surface area contributed by atoms with Crippen LogP contribution in [-0.4, -0.2) is 75.2 Å². The van der Waals surface area contributed by atoms with Crippen LogP contribution in [0.5, 0.6) is 0 Å². The zero-order valence-electron chi connectivity index (χ0n) is 20.1. The van der Waals surface area contributed by atoms with E-state index in [4.69, 9.17) is 5.10 Å². The van der Waals surface area contributed by atoms with E-state index in [1.54, 1.807) is 24.5 Å². The van der Waals surface area contributed by atoms with E-state index in [2.05, 4.69) is 36.1 Å². The summed E-state index contributed by atoms with van der Waals surface area (Å²) in [5.41, 5.74) is 1.92. The molecule has 1 fully saturated rings. The average Bonchev–Trinajstić information content (AvgIpc) is 3.28. The molecule has 1 unspecified atom stereocenters. The smallest absolute Gasteiger partial charge is 0.275 e. The number of aryl methyl sites for hydroxylation is 1. The molecule has 1 saturated heterocycles. The van der Waals surface area contributed by atoms with E-state index in [-0.39, 0.29) is 17.8 Å². The van der Waals surface area contributed by atoms with Crippen molar-refractivity contribution in [1.82, 2.24) is 29.5 Å². The lowest BCUT2D eigenvalue weighted by Crippen LogP contribution is -2.47. The predicted octanol–water partition coefficient (Wildman–Crippen LogP) is 4.30. The molecule has 0 saturated carbocycles. The number of amides is 1. The number of nitrogens with zero attached hydrogens (tertiary/aromatic N) is 6. The fourth-order valence-electron chi connectivity index (χ4n) is 4.31. The molecule has 8 nitrogen and oxygen atoms in total. The molecule has 35 heavy (non-hydrogen) atoms. The number of benzene rings is 1. The molecule has 1 N–H and O–H groups in total. The number of hydrogen-bond donors (Lipinski definition) is 1. The lowest BCUT2D eigenvalue weighted by molar-refractivity contribution is 0.0622. The van der Waals surface area contributed by atoms with Crippen molar-refractivity contribution < 1.29 is 9.18 Å². The Balaban J connectivity index is 1.56. The molecular formula is C25H31BrFN7O. The Bertz CT molecular complexity index is 1120. The molecule has 3 aromatic rings. The summed E-state index contributed by atoms with van der Waals surface area (Å²) >= 11 is 3.34. The average molecular weight is 544 g/mol. The minimum atomic E-state index is -0.308. The summed E-state index contributed by atoms with van der Waals surface area (Å²) in [6, 6.07) is 6.24. The van der Waals surface area contributed by atoms with E-state index in [1.165, 1.54) is 12.1 Å². The van der Waals surface area contributed by atoms with Crippen molar-refractivity contribution in [3.8, 4) is 11.1 Å². The number of aromatic nitrogens is 4. The summed E-state index contributed by atoms with van der Waals surface area (Å²) in [6.45, 7) is 2.85. The van der Waals surface area contributed by atoms with Gasteiger partial charge in [0.15, 0.2) is 5.69 Å². The van der Waals surface area contributed by atoms with Crippen LogP contribution in [0.25, 0.3) is 11.1 Å². The number of rotatable bonds is 9. The highest BCUT2D eigenvalue weighted by Crippen LogP contribution is 2.27. The molecule has 0 radical (unpaired) electrons. The molecule has 10 heteroatoms. The van der Waals surface area contributed by atoms with Crippen molar-refractivity contribution in [3.05, 3.63) is 58.8 Å². The largest absolute Gasteiger partial charge is 0.352 e. The van der Waals surface area contributed by atoms with Crippen LogP contribution in [0.4, 0.5) is 10.3 Å². The first kappa shape index (κ1) is 25.2. The van der Waals surface area contributed by atoms with Gasteiger partial charge in [-0.3, -0.25) is 9.48 Å². The van der Waals surface area contributed by atoms with Gasteiger partial charge in [0.1, 0.15) is 5.82 Å². The quantitative estimate of drug-likeness (QED) is 0.433. The number of halogens is 2. The highest BCUT2D eigenvalue weighted by atomic mass is 79.9. The highest BCUT2D eigenvalue weighted by Gasteiger charge is 2.31. The zero-order valence-corrected chi connectivity index (χ0v) is 21.7. The van der Waals surface area contributed by atoms with Gasteiger partial charge >= 0.3 is 0 Å². The van der Waals surface area contributed by atoms with Gasteiger partial charge in [0, 0.05) is 49.8 Å². The van der Waals surface area contributed by atoms with E-state index in [0.717, 1.165) is 47.8 Å². The summed E-state index contributed by atoms with van der Waals surface area (Å²) in [5.74, 6) is 0.125. The molecular weight excluding hydrogens is 513 g/mol. The van der Waals surface area contributed by atoms with Crippen molar-refractivity contribution in [2.24, 2.45) is 0 Å². The number of likely N-dealkylation sites (tertiary alicyclic amines) is 1. The molecule has 3 heterocycles. The molecule has 0 aliphatic carbocycles. The second-order valence-corrected chi connectivity index (χ2v) is 9.99. The summed E-state index contributed by atoms with van der Waals surface area (Å²) in [5, 5.41) is 7.97. The minimum Gasteiger partial charge on any atom is -0.352 e. The highest BCUT2D eigenvalue weighted by molar-refractivity contribution is 9.10. The van der Waals surface area contributed by atoms with Crippen LogP contribution in [0.3, 0.4) is 0 Å². The molecule has 0 bridgehead atoms. The van der Waals surface area contributed by atoms with Gasteiger partial charge < -0.3 is 15.1 Å². The van der Waals surface area contributed by atoms with Crippen LogP contribution in [0.15, 0.2) is 47.3 Å². The van der Waals surface area contributed by atoms with Gasteiger partial charge in [-0.05, 0) is 79.9 Å². The maximum atomic E-state index is 13.8. The van der Waals surface area contributed by atoms with Gasteiger partial charge in [-0.2, -0.15) is 5.10 Å². The fraction of sp³-hybridized carbons (Fsp3) is 0.440. The van der Waals surface area contributed by atoms with Crippen molar-refractivity contribution in [2.45, 2.75) is 38.3 Å². The molecule has 1 atom stereocenters. The third-order valence-corrected chi connectivity index (χ3v) is 6.53. The van der Waals surface area contributed by atoms with Crippen LogP contribution < -0.4 is 5.32 Å². The van der Waals surface area contributed by atoms with Crippen molar-refractivity contribution in [1.29, 1.82) is 0 Å². The summed E-state index contributed by atoms with van der Waals surface area (Å²) in [6.07, 6.45) is 9.10. The third-order valence-electron chi connectivity index (χ3n) is 6.12. The van der Waals surface area contributed by atoms with Crippen LogP contribution in [0.2, 0.25) is 0 Å². The minimum absolute atomic E-state index is 0.00320. The van der Waals surface area contributed by atoms with Gasteiger partial charge in [0.05, 0.1) is 4.47 Å². The zero-order chi connectivity index (χ0) is 24.8. The van der Waals surface area contributed by atoms with E-state index in [9.17, 15) is 9.18 Å². The first-order valence-corrected chi connectivity index (χ1v) is 12.7. The van der Waals surface area contributed by atoms with Crippen LogP contribution >= 0.6 is 15.9 Å². The van der Waals surface area contributed by atoms with Crippen molar-refractivity contribution in [2.75, 3.05) is 39.0 Å². The Morgan fingerprint density at radius 3 is 2.66 bits per heavy atom. The molecule has 2 aromatic heterocycles. The number of nitrogens with one attached hydrogen (secondary N) is 1. The van der Waals surface area contributed by atoms with E-state index in [1.807, 2.05) is 29.9 Å². The van der Waals surface area contributed by atoms with Crippen molar-refractivity contribution >= 4 is 27.8 Å². The maximum absolute atomic E-state index is 13.8. The predicted molar refractivity (Wildman–Crippen MR) is 138 cm³/mol. The molecule has 4 rings (SSSR count). The first-order valence-electron chi connectivity index (χ1n) is 11.9. The Morgan fingerprint density at radius 1 is 1.20 bits per heavy atom. The van der Waals surface area contributed by atoms with Gasteiger partial charge in [0.2, 0.25) is 5.95 Å².